The van der Waals surface area contributed by atoms with Gasteiger partial charge in [-0.3, -0.25) is 14.9 Å². The Morgan fingerprint density at radius 3 is 2.63 bits per heavy atom. The van der Waals surface area contributed by atoms with Gasteiger partial charge in [0.15, 0.2) is 6.79 Å². The fourth-order valence-corrected chi connectivity index (χ4v) is 3.72. The Labute approximate surface area is 174 Å². The number of nitro groups is 1. The molecular weight excluding hydrogens is 386 g/mol. The van der Waals surface area contributed by atoms with E-state index in [9.17, 15) is 14.9 Å². The number of fused-ring (bicyclic) bond motifs is 1. The van der Waals surface area contributed by atoms with Crippen molar-refractivity contribution in [2.24, 2.45) is 0 Å². The van der Waals surface area contributed by atoms with Crippen LogP contribution in [0, 0.1) is 10.1 Å². The Bertz CT molecular complexity index is 965. The molecule has 0 aliphatic carbocycles. The first kappa shape index (κ1) is 19.9. The second-order valence-electron chi connectivity index (χ2n) is 7.31. The van der Waals surface area contributed by atoms with Gasteiger partial charge in [-0.15, -0.1) is 0 Å². The predicted octanol–water partition coefficient (Wildman–Crippen LogP) is 4.10. The highest BCUT2D eigenvalue weighted by molar-refractivity contribution is 6.02. The van der Waals surface area contributed by atoms with Crippen molar-refractivity contribution in [2.45, 2.75) is 25.9 Å². The van der Waals surface area contributed by atoms with E-state index in [-0.39, 0.29) is 25.0 Å². The third-order valence-electron chi connectivity index (χ3n) is 5.20. The predicted molar refractivity (Wildman–Crippen MR) is 114 cm³/mol. The Morgan fingerprint density at radius 2 is 1.90 bits per heavy atom. The van der Waals surface area contributed by atoms with Crippen LogP contribution in [0.2, 0.25) is 0 Å². The Kier molecular flexibility index (Phi) is 5.94. The van der Waals surface area contributed by atoms with Gasteiger partial charge in [-0.05, 0) is 49.6 Å². The number of non-ortho nitro benzene ring substituents is 1. The molecule has 8 nitrogen and oxygen atoms in total. The standard InChI is InChI=1S/C22H23N3O5/c26-21(23-18-5-7-19(8-6-18)24-10-2-1-3-11-24)9-4-16-12-20(25(27)28)13-17-14-29-15-30-22(16)17/h4-9,12-13H,1-3,10-11,14-15H2,(H,23,26)/b9-4+. The van der Waals surface area contributed by atoms with Crippen LogP contribution in [0.15, 0.2) is 42.5 Å². The lowest BCUT2D eigenvalue weighted by Crippen LogP contribution is -2.29. The van der Waals surface area contributed by atoms with E-state index in [4.69, 9.17) is 9.47 Å². The van der Waals surface area contributed by atoms with E-state index in [0.717, 1.165) is 18.8 Å². The summed E-state index contributed by atoms with van der Waals surface area (Å²) in [6.45, 7) is 2.43. The van der Waals surface area contributed by atoms with Gasteiger partial charge in [0.1, 0.15) is 5.75 Å². The van der Waals surface area contributed by atoms with Crippen molar-refractivity contribution in [3.8, 4) is 5.75 Å². The topological polar surface area (TPSA) is 93.9 Å². The minimum absolute atomic E-state index is 0.0706. The molecule has 2 aliphatic rings. The number of nitro benzene ring substituents is 1. The number of hydrogen-bond acceptors (Lipinski definition) is 6. The van der Waals surface area contributed by atoms with Crippen molar-refractivity contribution in [2.75, 3.05) is 30.1 Å². The molecule has 0 bridgehead atoms. The molecule has 2 aromatic rings. The summed E-state index contributed by atoms with van der Waals surface area (Å²) >= 11 is 0. The smallest absolute Gasteiger partial charge is 0.270 e. The van der Waals surface area contributed by atoms with E-state index in [1.54, 1.807) is 0 Å². The van der Waals surface area contributed by atoms with Crippen molar-refractivity contribution >= 4 is 29.0 Å². The first-order valence-electron chi connectivity index (χ1n) is 9.96. The molecule has 1 amide bonds. The van der Waals surface area contributed by atoms with Gasteiger partial charge in [0, 0.05) is 53.8 Å². The number of anilines is 2. The number of benzene rings is 2. The second-order valence-corrected chi connectivity index (χ2v) is 7.31. The summed E-state index contributed by atoms with van der Waals surface area (Å²) in [4.78, 5) is 25.4. The van der Waals surface area contributed by atoms with Crippen molar-refractivity contribution < 1.29 is 19.2 Å². The lowest BCUT2D eigenvalue weighted by Gasteiger charge is -2.28. The fraction of sp³-hybridized carbons (Fsp3) is 0.318. The van der Waals surface area contributed by atoms with Gasteiger partial charge < -0.3 is 19.7 Å². The summed E-state index contributed by atoms with van der Waals surface area (Å²) < 4.78 is 10.7. The SMILES string of the molecule is O=C(/C=C/c1cc([N+](=O)[O-])cc2c1OCOC2)Nc1ccc(N2CCCCC2)cc1. The average Bonchev–Trinajstić information content (AvgIpc) is 2.78. The summed E-state index contributed by atoms with van der Waals surface area (Å²) in [6, 6.07) is 10.6. The molecule has 1 fully saturated rings. The molecule has 0 saturated carbocycles. The molecule has 2 aliphatic heterocycles. The Hall–Kier alpha value is -3.39. The lowest BCUT2D eigenvalue weighted by molar-refractivity contribution is -0.385. The van der Waals surface area contributed by atoms with Gasteiger partial charge in [-0.1, -0.05) is 0 Å². The number of ether oxygens (including phenoxy) is 2. The third-order valence-corrected chi connectivity index (χ3v) is 5.20. The minimum Gasteiger partial charge on any atom is -0.467 e. The van der Waals surface area contributed by atoms with Crippen LogP contribution < -0.4 is 15.0 Å². The van der Waals surface area contributed by atoms with Gasteiger partial charge in [-0.25, -0.2) is 0 Å². The Balaban J connectivity index is 1.45. The quantitative estimate of drug-likeness (QED) is 0.454. The van der Waals surface area contributed by atoms with E-state index in [2.05, 4.69) is 10.2 Å². The van der Waals surface area contributed by atoms with Crippen LogP contribution >= 0.6 is 0 Å². The van der Waals surface area contributed by atoms with Gasteiger partial charge in [-0.2, -0.15) is 0 Å². The molecule has 30 heavy (non-hydrogen) atoms. The molecule has 1 saturated heterocycles. The molecule has 0 radical (unpaired) electrons. The van der Waals surface area contributed by atoms with Crippen molar-refractivity contribution in [3.63, 3.8) is 0 Å². The number of carbonyl (C=O) groups is 1. The number of amides is 1. The van der Waals surface area contributed by atoms with Gasteiger partial charge in [0.25, 0.3) is 5.69 Å². The molecule has 2 aromatic carbocycles. The second kappa shape index (κ2) is 8.96. The summed E-state index contributed by atoms with van der Waals surface area (Å²) in [6.07, 6.45) is 6.56. The maximum Gasteiger partial charge on any atom is 0.270 e. The number of carbonyl (C=O) groups excluding carboxylic acids is 1. The highest BCUT2D eigenvalue weighted by atomic mass is 16.7. The molecule has 4 rings (SSSR count). The molecule has 8 heteroatoms. The summed E-state index contributed by atoms with van der Waals surface area (Å²) in [5.41, 5.74) is 2.83. The molecule has 1 N–H and O–H groups in total. The van der Waals surface area contributed by atoms with Gasteiger partial charge in [0.05, 0.1) is 11.5 Å². The molecule has 0 atom stereocenters. The average molecular weight is 409 g/mol. The lowest BCUT2D eigenvalue weighted by atomic mass is 10.1. The molecule has 2 heterocycles. The molecule has 0 unspecified atom stereocenters. The van der Waals surface area contributed by atoms with Crippen LogP contribution in [0.5, 0.6) is 5.75 Å². The Morgan fingerprint density at radius 1 is 1.13 bits per heavy atom. The number of piperidine rings is 1. The maximum absolute atomic E-state index is 12.4. The highest BCUT2D eigenvalue weighted by Gasteiger charge is 2.20. The van der Waals surface area contributed by atoms with Crippen molar-refractivity contribution in [1.82, 2.24) is 0 Å². The zero-order chi connectivity index (χ0) is 20.9. The maximum atomic E-state index is 12.4. The summed E-state index contributed by atoms with van der Waals surface area (Å²) in [5.74, 6) is 0.176. The first-order valence-corrected chi connectivity index (χ1v) is 9.96. The molecule has 156 valence electrons. The van der Waals surface area contributed by atoms with E-state index in [1.165, 1.54) is 43.5 Å². The first-order chi connectivity index (χ1) is 14.6. The van der Waals surface area contributed by atoms with E-state index >= 15 is 0 Å². The van der Waals surface area contributed by atoms with Crippen molar-refractivity contribution in [3.05, 3.63) is 63.7 Å². The fourth-order valence-electron chi connectivity index (χ4n) is 3.72. The zero-order valence-corrected chi connectivity index (χ0v) is 16.5. The summed E-state index contributed by atoms with van der Waals surface area (Å²) in [7, 11) is 0. The van der Waals surface area contributed by atoms with Gasteiger partial charge in [0.2, 0.25) is 5.91 Å². The van der Waals surface area contributed by atoms with Crippen molar-refractivity contribution in [1.29, 1.82) is 0 Å². The highest BCUT2D eigenvalue weighted by Crippen LogP contribution is 2.33. The monoisotopic (exact) mass is 409 g/mol. The van der Waals surface area contributed by atoms with Gasteiger partial charge >= 0.3 is 0 Å². The summed E-state index contributed by atoms with van der Waals surface area (Å²) in [5, 5.41) is 14.0. The zero-order valence-electron chi connectivity index (χ0n) is 16.5. The van der Waals surface area contributed by atoms with Crippen LogP contribution in [-0.4, -0.2) is 30.7 Å². The largest absolute Gasteiger partial charge is 0.467 e. The molecular formula is C22H23N3O5. The molecule has 0 aromatic heterocycles. The number of rotatable bonds is 5. The minimum atomic E-state index is -0.476. The van der Waals surface area contributed by atoms with Crippen LogP contribution in [0.1, 0.15) is 30.4 Å². The van der Waals surface area contributed by atoms with E-state index in [0.29, 0.717) is 22.6 Å². The number of nitrogens with one attached hydrogen (secondary N) is 1. The van der Waals surface area contributed by atoms with Crippen LogP contribution in [0.4, 0.5) is 17.1 Å². The van der Waals surface area contributed by atoms with E-state index < -0.39 is 4.92 Å². The van der Waals surface area contributed by atoms with Crippen LogP contribution in [0.25, 0.3) is 6.08 Å². The molecule has 0 spiro atoms. The number of hydrogen-bond donors (Lipinski definition) is 1. The third kappa shape index (κ3) is 4.60. The number of nitrogens with zero attached hydrogens (tertiary/aromatic N) is 2. The normalized spacial score (nSPS) is 16.1. The van der Waals surface area contributed by atoms with E-state index in [1.807, 2.05) is 24.3 Å². The van der Waals surface area contributed by atoms with Crippen LogP contribution in [-0.2, 0) is 16.1 Å². The van der Waals surface area contributed by atoms with Crippen LogP contribution in [0.3, 0.4) is 0 Å².